The Morgan fingerprint density at radius 2 is 2.11 bits per heavy atom. The van der Waals surface area contributed by atoms with Crippen LogP contribution in [0.25, 0.3) is 11.0 Å². The number of aromatic nitrogens is 4. The zero-order chi connectivity index (χ0) is 19.1. The van der Waals surface area contributed by atoms with Crippen molar-refractivity contribution >= 4 is 34.4 Å². The Morgan fingerprint density at radius 1 is 1.25 bits per heavy atom. The van der Waals surface area contributed by atoms with Crippen LogP contribution in [0, 0.1) is 5.41 Å². The van der Waals surface area contributed by atoms with Crippen molar-refractivity contribution in [3.63, 3.8) is 0 Å². The van der Waals surface area contributed by atoms with Gasteiger partial charge in [-0.2, -0.15) is 0 Å². The van der Waals surface area contributed by atoms with Crippen molar-refractivity contribution in [1.29, 1.82) is 0 Å². The second-order valence-electron chi connectivity index (χ2n) is 7.54. The maximum Gasteiger partial charge on any atom is 0.158 e. The molecular weight excluding hydrogens is 374 g/mol. The van der Waals surface area contributed by atoms with Gasteiger partial charge in [0.25, 0.3) is 0 Å². The average molecular weight is 398 g/mol. The lowest BCUT2D eigenvalue weighted by atomic mass is 9.75. The van der Waals surface area contributed by atoms with Gasteiger partial charge < -0.3 is 26.1 Å². The molecule has 1 spiro atoms. The van der Waals surface area contributed by atoms with E-state index in [1.165, 1.54) is 11.8 Å². The van der Waals surface area contributed by atoms with E-state index >= 15 is 0 Å². The third-order valence-corrected chi connectivity index (χ3v) is 7.02. The summed E-state index contributed by atoms with van der Waals surface area (Å²) in [6.45, 7) is 3.23. The van der Waals surface area contributed by atoms with Crippen LogP contribution in [0.15, 0.2) is 40.6 Å². The summed E-state index contributed by atoms with van der Waals surface area (Å²) < 4.78 is 5.61. The molecule has 8 nitrogen and oxygen atoms in total. The standard InChI is InChI=1S/C19H23N7OS/c20-14-10-27-11-19(14)3-7-26(8-4-19)15-9-24-18(16(21)25-15)28-13-2-6-23-17-12(13)1-5-22-17/h1-2,5-6,9,14H,3-4,7-8,10-11,20H2,(H2,21,25)(H,22,23)/t14-/m1/s1. The van der Waals surface area contributed by atoms with Crippen molar-refractivity contribution in [3.8, 4) is 0 Å². The number of aromatic amines is 1. The molecule has 2 aliphatic heterocycles. The summed E-state index contributed by atoms with van der Waals surface area (Å²) >= 11 is 1.51. The smallest absolute Gasteiger partial charge is 0.158 e. The van der Waals surface area contributed by atoms with E-state index in [0.717, 1.165) is 54.3 Å². The molecular formula is C19H23N7OS. The number of hydrogen-bond donors (Lipinski definition) is 3. The van der Waals surface area contributed by atoms with E-state index in [0.29, 0.717) is 17.5 Å². The van der Waals surface area contributed by atoms with Gasteiger partial charge in [-0.1, -0.05) is 11.8 Å². The Bertz CT molecular complexity index is 999. The number of nitrogens with zero attached hydrogens (tertiary/aromatic N) is 4. The number of hydrogen-bond acceptors (Lipinski definition) is 8. The summed E-state index contributed by atoms with van der Waals surface area (Å²) in [4.78, 5) is 20.0. The molecule has 0 radical (unpaired) electrons. The largest absolute Gasteiger partial charge is 0.381 e. The molecule has 2 aliphatic rings. The predicted octanol–water partition coefficient (Wildman–Crippen LogP) is 2.03. The number of anilines is 2. The first-order valence-corrected chi connectivity index (χ1v) is 10.3. The number of fused-ring (bicyclic) bond motifs is 1. The monoisotopic (exact) mass is 397 g/mol. The molecule has 1 atom stereocenters. The van der Waals surface area contributed by atoms with Crippen molar-refractivity contribution in [3.05, 3.63) is 30.7 Å². The van der Waals surface area contributed by atoms with Gasteiger partial charge in [0.15, 0.2) is 5.82 Å². The zero-order valence-electron chi connectivity index (χ0n) is 15.5. The predicted molar refractivity (Wildman–Crippen MR) is 109 cm³/mol. The Hall–Kier alpha value is -2.36. The fraction of sp³-hybridized carbons (Fsp3) is 0.421. The van der Waals surface area contributed by atoms with Crippen LogP contribution in [-0.4, -0.2) is 52.3 Å². The lowest BCUT2D eigenvalue weighted by Crippen LogP contribution is -2.49. The third kappa shape index (κ3) is 2.99. The van der Waals surface area contributed by atoms with Crippen molar-refractivity contribution in [2.75, 3.05) is 36.9 Å². The number of nitrogens with one attached hydrogen (secondary N) is 1. The number of pyridine rings is 1. The normalized spacial score (nSPS) is 21.6. The van der Waals surface area contributed by atoms with Crippen LogP contribution in [0.4, 0.5) is 11.6 Å². The fourth-order valence-corrected chi connectivity index (χ4v) is 4.98. The van der Waals surface area contributed by atoms with Crippen LogP contribution in [0.2, 0.25) is 0 Å². The van der Waals surface area contributed by atoms with E-state index in [-0.39, 0.29) is 11.5 Å². The highest BCUT2D eigenvalue weighted by molar-refractivity contribution is 7.99. The molecule has 0 aromatic carbocycles. The van der Waals surface area contributed by atoms with Crippen LogP contribution < -0.4 is 16.4 Å². The molecule has 3 aromatic rings. The molecule has 3 aromatic heterocycles. The van der Waals surface area contributed by atoms with Crippen molar-refractivity contribution in [1.82, 2.24) is 19.9 Å². The highest BCUT2D eigenvalue weighted by Crippen LogP contribution is 2.40. The van der Waals surface area contributed by atoms with E-state index in [1.807, 2.05) is 24.5 Å². The van der Waals surface area contributed by atoms with Gasteiger partial charge in [0.2, 0.25) is 0 Å². The molecule has 0 unspecified atom stereocenters. The van der Waals surface area contributed by atoms with Crippen LogP contribution in [0.5, 0.6) is 0 Å². The summed E-state index contributed by atoms with van der Waals surface area (Å²) in [6, 6.07) is 4.10. The first kappa shape index (κ1) is 17.7. The molecule has 5 rings (SSSR count). The minimum atomic E-state index is 0.120. The molecule has 28 heavy (non-hydrogen) atoms. The van der Waals surface area contributed by atoms with Gasteiger partial charge in [-0.15, -0.1) is 0 Å². The Labute approximate surface area is 167 Å². The van der Waals surface area contributed by atoms with Crippen molar-refractivity contribution < 1.29 is 4.74 Å². The number of ether oxygens (including phenoxy) is 1. The first-order chi connectivity index (χ1) is 13.6. The molecule has 5 N–H and O–H groups in total. The Morgan fingerprint density at radius 3 is 2.86 bits per heavy atom. The number of nitrogens with two attached hydrogens (primary N) is 2. The molecule has 146 valence electrons. The van der Waals surface area contributed by atoms with E-state index in [4.69, 9.17) is 16.2 Å². The molecule has 2 fully saturated rings. The lowest BCUT2D eigenvalue weighted by molar-refractivity contribution is 0.131. The topological polar surface area (TPSA) is 119 Å². The number of nitrogen functional groups attached to an aromatic ring is 1. The lowest BCUT2D eigenvalue weighted by Gasteiger charge is -2.41. The summed E-state index contributed by atoms with van der Waals surface area (Å²) in [5, 5.41) is 1.76. The van der Waals surface area contributed by atoms with Crippen LogP contribution in [0.3, 0.4) is 0 Å². The Kier molecular flexibility index (Phi) is 4.37. The summed E-state index contributed by atoms with van der Waals surface area (Å²) in [6.07, 6.45) is 7.49. The average Bonchev–Trinajstić information content (AvgIpc) is 3.32. The van der Waals surface area contributed by atoms with Gasteiger partial charge in [-0.3, -0.25) is 0 Å². The van der Waals surface area contributed by atoms with Gasteiger partial charge in [-0.25, -0.2) is 15.0 Å². The Balaban J connectivity index is 1.32. The summed E-state index contributed by atoms with van der Waals surface area (Å²) in [7, 11) is 0. The molecule has 0 amide bonds. The van der Waals surface area contributed by atoms with E-state index in [2.05, 4.69) is 24.8 Å². The highest BCUT2D eigenvalue weighted by atomic mass is 32.2. The fourth-order valence-electron chi connectivity index (χ4n) is 4.11. The SMILES string of the molecule is Nc1nc(N2CCC3(CC2)COC[C@H]3N)cnc1Sc1ccnc2[nH]ccc12. The minimum absolute atomic E-state index is 0.120. The second-order valence-corrected chi connectivity index (χ2v) is 8.57. The maximum atomic E-state index is 6.28. The second kappa shape index (κ2) is 6.91. The zero-order valence-corrected chi connectivity index (χ0v) is 16.3. The maximum absolute atomic E-state index is 6.28. The van der Waals surface area contributed by atoms with Crippen molar-refractivity contribution in [2.45, 2.75) is 28.8 Å². The minimum Gasteiger partial charge on any atom is -0.381 e. The number of piperidine rings is 1. The van der Waals surface area contributed by atoms with Crippen molar-refractivity contribution in [2.24, 2.45) is 11.1 Å². The van der Waals surface area contributed by atoms with Crippen LogP contribution in [-0.2, 0) is 4.74 Å². The summed E-state index contributed by atoms with van der Waals surface area (Å²) in [5.41, 5.74) is 13.5. The molecule has 9 heteroatoms. The molecule has 2 saturated heterocycles. The highest BCUT2D eigenvalue weighted by Gasteiger charge is 2.44. The molecule has 0 saturated carbocycles. The first-order valence-electron chi connectivity index (χ1n) is 9.45. The van der Waals surface area contributed by atoms with Gasteiger partial charge >= 0.3 is 0 Å². The van der Waals surface area contributed by atoms with E-state index in [1.54, 1.807) is 6.20 Å². The molecule has 0 aliphatic carbocycles. The molecule has 5 heterocycles. The number of rotatable bonds is 3. The van der Waals surface area contributed by atoms with Crippen LogP contribution in [0.1, 0.15) is 12.8 Å². The van der Waals surface area contributed by atoms with Gasteiger partial charge in [0.05, 0.1) is 19.4 Å². The van der Waals surface area contributed by atoms with E-state index in [9.17, 15) is 0 Å². The van der Waals surface area contributed by atoms with Gasteiger partial charge in [-0.05, 0) is 25.0 Å². The quantitative estimate of drug-likeness (QED) is 0.614. The molecule has 0 bridgehead atoms. The van der Waals surface area contributed by atoms with Gasteiger partial charge in [0.1, 0.15) is 16.5 Å². The number of H-pyrrole nitrogens is 1. The van der Waals surface area contributed by atoms with E-state index < -0.39 is 0 Å². The van der Waals surface area contributed by atoms with Crippen LogP contribution >= 0.6 is 11.8 Å². The van der Waals surface area contributed by atoms with Gasteiger partial charge in [0, 0.05) is 47.2 Å². The third-order valence-electron chi connectivity index (χ3n) is 5.93. The summed E-state index contributed by atoms with van der Waals surface area (Å²) in [5.74, 6) is 1.27.